The Hall–Kier alpha value is -0.960. The van der Waals surface area contributed by atoms with Crippen LogP contribution in [0.25, 0.3) is 0 Å². The molecule has 3 rings (SSSR count). The van der Waals surface area contributed by atoms with Gasteiger partial charge in [0.05, 0.1) is 12.1 Å². The Bertz CT molecular complexity index is 394. The van der Waals surface area contributed by atoms with E-state index in [1.165, 1.54) is 37.8 Å². The van der Waals surface area contributed by atoms with Crippen LogP contribution >= 0.6 is 0 Å². The number of aliphatic hydroxyl groups excluding tert-OH is 1. The fourth-order valence-corrected chi connectivity index (χ4v) is 3.80. The molecule has 106 valence electrons. The van der Waals surface area contributed by atoms with E-state index in [2.05, 4.69) is 11.4 Å². The van der Waals surface area contributed by atoms with Gasteiger partial charge in [0.15, 0.2) is 0 Å². The van der Waals surface area contributed by atoms with Gasteiger partial charge in [-0.25, -0.2) is 0 Å². The first-order valence-corrected chi connectivity index (χ1v) is 7.70. The maximum absolute atomic E-state index is 10.3. The van der Waals surface area contributed by atoms with E-state index in [9.17, 15) is 5.11 Å². The minimum absolute atomic E-state index is 0.309. The number of rotatable bonds is 2. The van der Waals surface area contributed by atoms with Crippen LogP contribution in [0.15, 0.2) is 23.1 Å². The van der Waals surface area contributed by atoms with Crippen molar-refractivity contribution in [3.05, 3.63) is 23.1 Å². The second-order valence-corrected chi connectivity index (χ2v) is 6.18. The van der Waals surface area contributed by atoms with E-state index < -0.39 is 0 Å². The molecule has 2 aliphatic carbocycles. The van der Waals surface area contributed by atoms with Gasteiger partial charge in [0.1, 0.15) is 5.76 Å². The summed E-state index contributed by atoms with van der Waals surface area (Å²) in [6, 6.07) is 0.328. The highest BCUT2D eigenvalue weighted by Crippen LogP contribution is 2.35. The molecule has 2 N–H and O–H groups in total. The van der Waals surface area contributed by atoms with Gasteiger partial charge >= 0.3 is 0 Å². The number of aliphatic hydroxyl groups is 1. The molecule has 19 heavy (non-hydrogen) atoms. The van der Waals surface area contributed by atoms with Crippen molar-refractivity contribution < 1.29 is 9.84 Å². The molecule has 0 aromatic carbocycles. The van der Waals surface area contributed by atoms with Crippen LogP contribution in [0.1, 0.15) is 51.4 Å². The predicted octanol–water partition coefficient (Wildman–Crippen LogP) is 3.43. The first-order valence-electron chi connectivity index (χ1n) is 7.70. The molecule has 0 radical (unpaired) electrons. The lowest BCUT2D eigenvalue weighted by molar-refractivity contribution is 0.0871. The van der Waals surface area contributed by atoms with Crippen LogP contribution in [0.3, 0.4) is 0 Å². The molecule has 2 unspecified atom stereocenters. The molecule has 3 aliphatic rings. The zero-order valence-corrected chi connectivity index (χ0v) is 11.8. The van der Waals surface area contributed by atoms with Crippen molar-refractivity contribution in [3.63, 3.8) is 0 Å². The molecule has 1 saturated carbocycles. The fourth-order valence-electron chi connectivity index (χ4n) is 3.80. The molecule has 3 nitrogen and oxygen atoms in total. The first-order chi connectivity index (χ1) is 9.28. The third-order valence-electron chi connectivity index (χ3n) is 4.99. The van der Waals surface area contributed by atoms with E-state index in [0.717, 1.165) is 24.8 Å². The number of hydrogen-bond acceptors (Lipinski definition) is 3. The number of dihydropyridines is 1. The molecule has 1 fully saturated rings. The Labute approximate surface area is 115 Å². The number of methoxy groups -OCH3 is 1. The summed E-state index contributed by atoms with van der Waals surface area (Å²) in [5.74, 6) is 1.21. The molecule has 0 aromatic rings. The van der Waals surface area contributed by atoms with Gasteiger partial charge in [-0.05, 0) is 37.7 Å². The van der Waals surface area contributed by atoms with Crippen molar-refractivity contribution >= 4 is 0 Å². The molecule has 0 saturated heterocycles. The molecule has 1 aliphatic heterocycles. The number of allylic oxidation sites excluding steroid dienone is 1. The van der Waals surface area contributed by atoms with E-state index in [1.807, 2.05) is 0 Å². The summed E-state index contributed by atoms with van der Waals surface area (Å²) in [5.41, 5.74) is 2.36. The number of ether oxygens (including phenoxy) is 1. The average Bonchev–Trinajstić information content (AvgIpc) is 2.47. The van der Waals surface area contributed by atoms with E-state index in [4.69, 9.17) is 4.74 Å². The second-order valence-electron chi connectivity index (χ2n) is 6.18. The molecule has 2 atom stereocenters. The summed E-state index contributed by atoms with van der Waals surface area (Å²) in [6.45, 7) is 0. The highest BCUT2D eigenvalue weighted by Gasteiger charge is 2.31. The average molecular weight is 263 g/mol. The van der Waals surface area contributed by atoms with Crippen LogP contribution < -0.4 is 5.32 Å². The summed E-state index contributed by atoms with van der Waals surface area (Å²) >= 11 is 0. The van der Waals surface area contributed by atoms with Crippen LogP contribution in [-0.4, -0.2) is 24.4 Å². The molecule has 3 heteroatoms. The van der Waals surface area contributed by atoms with Gasteiger partial charge in [-0.3, -0.25) is 0 Å². The van der Waals surface area contributed by atoms with Crippen molar-refractivity contribution in [2.24, 2.45) is 5.92 Å². The largest absolute Gasteiger partial charge is 0.508 e. The Morgan fingerprint density at radius 2 is 2.00 bits per heavy atom. The van der Waals surface area contributed by atoms with Gasteiger partial charge < -0.3 is 15.2 Å². The lowest BCUT2D eigenvalue weighted by Crippen LogP contribution is -2.40. The van der Waals surface area contributed by atoms with E-state index in [1.54, 1.807) is 7.11 Å². The first kappa shape index (κ1) is 13.0. The van der Waals surface area contributed by atoms with Crippen molar-refractivity contribution in [2.45, 2.75) is 63.5 Å². The van der Waals surface area contributed by atoms with Crippen LogP contribution in [-0.2, 0) is 4.74 Å². The Kier molecular flexibility index (Phi) is 3.83. The Morgan fingerprint density at radius 1 is 1.21 bits per heavy atom. The van der Waals surface area contributed by atoms with Crippen molar-refractivity contribution in [1.29, 1.82) is 0 Å². The maximum Gasteiger partial charge on any atom is 0.118 e. The predicted molar refractivity (Wildman–Crippen MR) is 75.9 cm³/mol. The van der Waals surface area contributed by atoms with Crippen LogP contribution in [0.2, 0.25) is 0 Å². The Morgan fingerprint density at radius 3 is 2.74 bits per heavy atom. The summed E-state index contributed by atoms with van der Waals surface area (Å²) in [4.78, 5) is 0. The van der Waals surface area contributed by atoms with Gasteiger partial charge in [-0.15, -0.1) is 0 Å². The van der Waals surface area contributed by atoms with E-state index >= 15 is 0 Å². The number of hydrogen-bond donors (Lipinski definition) is 2. The van der Waals surface area contributed by atoms with Crippen LogP contribution in [0.4, 0.5) is 0 Å². The topological polar surface area (TPSA) is 41.5 Å². The van der Waals surface area contributed by atoms with E-state index in [0.29, 0.717) is 23.8 Å². The summed E-state index contributed by atoms with van der Waals surface area (Å²) in [7, 11) is 1.79. The van der Waals surface area contributed by atoms with Crippen LogP contribution in [0, 0.1) is 5.92 Å². The highest BCUT2D eigenvalue weighted by molar-refractivity contribution is 5.37. The molecule has 1 heterocycles. The normalized spacial score (nSPS) is 32.6. The molecular formula is C16H25NO2. The fraction of sp³-hybridized carbons (Fsp3) is 0.750. The van der Waals surface area contributed by atoms with Gasteiger partial charge in [-0.1, -0.05) is 19.3 Å². The Balaban J connectivity index is 1.74. The third kappa shape index (κ3) is 2.66. The summed E-state index contributed by atoms with van der Waals surface area (Å²) < 4.78 is 5.48. The molecular weight excluding hydrogens is 238 g/mol. The zero-order valence-electron chi connectivity index (χ0n) is 11.8. The van der Waals surface area contributed by atoms with E-state index in [-0.39, 0.29) is 0 Å². The summed E-state index contributed by atoms with van der Waals surface area (Å²) in [6.07, 6.45) is 11.9. The van der Waals surface area contributed by atoms with Gasteiger partial charge in [-0.2, -0.15) is 0 Å². The zero-order chi connectivity index (χ0) is 13.2. The molecule has 0 amide bonds. The van der Waals surface area contributed by atoms with Crippen LogP contribution in [0.5, 0.6) is 0 Å². The standard InChI is InChI=1S/C16H25NO2/c1-19-12-7-8-13-15(9-12)17-14(10-16(13)18)11-5-3-2-4-6-11/h10-12,14,17-18H,2-9H2,1H3. The summed E-state index contributed by atoms with van der Waals surface area (Å²) in [5, 5.41) is 14.0. The smallest absolute Gasteiger partial charge is 0.118 e. The lowest BCUT2D eigenvalue weighted by atomic mass is 9.80. The molecule has 0 bridgehead atoms. The van der Waals surface area contributed by atoms with Gasteiger partial charge in [0, 0.05) is 24.8 Å². The minimum Gasteiger partial charge on any atom is -0.508 e. The molecule has 0 aromatic heterocycles. The third-order valence-corrected chi connectivity index (χ3v) is 4.99. The van der Waals surface area contributed by atoms with Gasteiger partial charge in [0.25, 0.3) is 0 Å². The monoisotopic (exact) mass is 263 g/mol. The minimum atomic E-state index is 0.309. The number of nitrogens with one attached hydrogen (secondary N) is 1. The quantitative estimate of drug-likeness (QED) is 0.802. The van der Waals surface area contributed by atoms with Crippen molar-refractivity contribution in [2.75, 3.05) is 7.11 Å². The molecule has 0 spiro atoms. The highest BCUT2D eigenvalue weighted by atomic mass is 16.5. The van der Waals surface area contributed by atoms with Crippen molar-refractivity contribution in [3.8, 4) is 0 Å². The lowest BCUT2D eigenvalue weighted by Gasteiger charge is -2.37. The maximum atomic E-state index is 10.3. The van der Waals surface area contributed by atoms with Crippen molar-refractivity contribution in [1.82, 2.24) is 5.32 Å². The van der Waals surface area contributed by atoms with Gasteiger partial charge in [0.2, 0.25) is 0 Å². The second kappa shape index (κ2) is 5.58. The SMILES string of the molecule is COC1CCC2=C(C1)NC(C1CCCCC1)C=C2O.